The van der Waals surface area contributed by atoms with Crippen LogP contribution in [0.4, 0.5) is 0 Å². The Bertz CT molecular complexity index is 591. The zero-order chi connectivity index (χ0) is 17.6. The van der Waals surface area contributed by atoms with Crippen molar-refractivity contribution in [2.45, 2.75) is 40.5 Å². The number of ketones is 1. The number of Topliss-reactive ketones (excluding diaryl/α,β-unsaturated/α-hetero) is 1. The predicted molar refractivity (Wildman–Crippen MR) is 86.0 cm³/mol. The highest BCUT2D eigenvalue weighted by atomic mass is 16.6. The highest BCUT2D eigenvalue weighted by molar-refractivity contribution is 5.99. The number of hydrogen-bond acceptors (Lipinski definition) is 5. The lowest BCUT2D eigenvalue weighted by Gasteiger charge is -2.31. The molecule has 0 N–H and O–H groups in total. The Morgan fingerprint density at radius 3 is 2.30 bits per heavy atom. The van der Waals surface area contributed by atoms with Crippen LogP contribution in [0.3, 0.4) is 0 Å². The molecular weight excluding hydrogens is 296 g/mol. The van der Waals surface area contributed by atoms with Gasteiger partial charge in [0.2, 0.25) is 0 Å². The first-order valence-corrected chi connectivity index (χ1v) is 7.57. The van der Waals surface area contributed by atoms with E-state index in [-0.39, 0.29) is 11.7 Å². The second-order valence-corrected chi connectivity index (χ2v) is 6.20. The van der Waals surface area contributed by atoms with E-state index in [1.807, 2.05) is 38.1 Å². The molecule has 5 nitrogen and oxygen atoms in total. The minimum atomic E-state index is -0.902. The Labute approximate surface area is 137 Å². The van der Waals surface area contributed by atoms with Crippen LogP contribution in [-0.2, 0) is 25.5 Å². The molecule has 1 aromatic carbocycles. The summed E-state index contributed by atoms with van der Waals surface area (Å²) in [4.78, 5) is 35.1. The topological polar surface area (TPSA) is 69.7 Å². The molecule has 0 spiro atoms. The molecule has 1 unspecified atom stereocenters. The van der Waals surface area contributed by atoms with Crippen LogP contribution in [0, 0.1) is 11.3 Å². The third kappa shape index (κ3) is 4.91. The van der Waals surface area contributed by atoms with Crippen LogP contribution < -0.4 is 4.74 Å². The van der Waals surface area contributed by atoms with Crippen molar-refractivity contribution in [2.24, 2.45) is 11.3 Å². The fourth-order valence-corrected chi connectivity index (χ4v) is 2.22. The summed E-state index contributed by atoms with van der Waals surface area (Å²) in [6.07, 6.45) is -0.0184. The number of rotatable bonds is 7. The second-order valence-electron chi connectivity index (χ2n) is 6.20. The molecule has 1 aromatic rings. The van der Waals surface area contributed by atoms with Gasteiger partial charge in [0.05, 0.1) is 12.5 Å². The molecule has 0 heterocycles. The van der Waals surface area contributed by atoms with Gasteiger partial charge in [-0.2, -0.15) is 0 Å². The molecule has 0 bridgehead atoms. The SMILES string of the molecule is COc1ccccc1CC(C)(C(=O)OC(=O)CC(C)=O)C(C)C. The number of ether oxygens (including phenoxy) is 2. The average molecular weight is 320 g/mol. The molecule has 1 rings (SSSR count). The van der Waals surface area contributed by atoms with E-state index in [4.69, 9.17) is 9.47 Å². The summed E-state index contributed by atoms with van der Waals surface area (Å²) in [6.45, 7) is 6.83. The van der Waals surface area contributed by atoms with Crippen LogP contribution in [-0.4, -0.2) is 24.8 Å². The van der Waals surface area contributed by atoms with Crippen molar-refractivity contribution in [3.8, 4) is 5.75 Å². The van der Waals surface area contributed by atoms with Crippen LogP contribution in [0.2, 0.25) is 0 Å². The van der Waals surface area contributed by atoms with Crippen LogP contribution in [0.15, 0.2) is 24.3 Å². The molecule has 0 aliphatic carbocycles. The lowest BCUT2D eigenvalue weighted by atomic mass is 9.74. The van der Waals surface area contributed by atoms with Gasteiger partial charge in [0.25, 0.3) is 0 Å². The van der Waals surface area contributed by atoms with Gasteiger partial charge in [-0.15, -0.1) is 0 Å². The van der Waals surface area contributed by atoms with Crippen molar-refractivity contribution in [3.05, 3.63) is 29.8 Å². The summed E-state index contributed by atoms with van der Waals surface area (Å²) < 4.78 is 10.2. The summed E-state index contributed by atoms with van der Waals surface area (Å²) in [7, 11) is 1.57. The molecule has 0 amide bonds. The molecule has 0 saturated heterocycles. The molecule has 126 valence electrons. The Hall–Kier alpha value is -2.17. The number of carbonyl (C=O) groups excluding carboxylic acids is 3. The van der Waals surface area contributed by atoms with Crippen LogP contribution in [0.5, 0.6) is 5.75 Å². The third-order valence-electron chi connectivity index (χ3n) is 4.09. The number of benzene rings is 1. The Morgan fingerprint density at radius 1 is 1.17 bits per heavy atom. The van der Waals surface area contributed by atoms with Gasteiger partial charge in [-0.1, -0.05) is 32.0 Å². The van der Waals surface area contributed by atoms with Crippen LogP contribution in [0.25, 0.3) is 0 Å². The van der Waals surface area contributed by atoms with Crippen molar-refractivity contribution in [2.75, 3.05) is 7.11 Å². The zero-order valence-electron chi connectivity index (χ0n) is 14.3. The van der Waals surface area contributed by atoms with Crippen molar-refractivity contribution in [1.82, 2.24) is 0 Å². The molecule has 5 heteroatoms. The molecule has 1 atom stereocenters. The summed E-state index contributed by atoms with van der Waals surface area (Å²) in [5, 5.41) is 0. The number of para-hydroxylation sites is 1. The first-order valence-electron chi connectivity index (χ1n) is 7.57. The van der Waals surface area contributed by atoms with Gasteiger partial charge in [-0.05, 0) is 37.8 Å². The maximum absolute atomic E-state index is 12.5. The quantitative estimate of drug-likeness (QED) is 0.570. The number of carbonyl (C=O) groups is 3. The van der Waals surface area contributed by atoms with Crippen LogP contribution in [0.1, 0.15) is 39.7 Å². The number of hydrogen-bond donors (Lipinski definition) is 0. The summed E-state index contributed by atoms with van der Waals surface area (Å²) in [5.74, 6) is -1.15. The lowest BCUT2D eigenvalue weighted by Crippen LogP contribution is -2.38. The van der Waals surface area contributed by atoms with E-state index in [9.17, 15) is 14.4 Å². The summed E-state index contributed by atoms with van der Waals surface area (Å²) in [5.41, 5.74) is -0.0386. The van der Waals surface area contributed by atoms with E-state index < -0.39 is 23.8 Å². The maximum atomic E-state index is 12.5. The monoisotopic (exact) mass is 320 g/mol. The van der Waals surface area contributed by atoms with Crippen molar-refractivity contribution < 1.29 is 23.9 Å². The maximum Gasteiger partial charge on any atom is 0.320 e. The molecule has 0 fully saturated rings. The molecule has 0 saturated carbocycles. The van der Waals surface area contributed by atoms with Gasteiger partial charge >= 0.3 is 11.9 Å². The largest absolute Gasteiger partial charge is 0.496 e. The Balaban J connectivity index is 3.00. The van der Waals surface area contributed by atoms with Crippen molar-refractivity contribution >= 4 is 17.7 Å². The average Bonchev–Trinajstić information content (AvgIpc) is 2.46. The van der Waals surface area contributed by atoms with E-state index >= 15 is 0 Å². The molecule has 0 aliphatic heterocycles. The molecule has 0 aliphatic rings. The van der Waals surface area contributed by atoms with E-state index in [0.717, 1.165) is 5.56 Å². The molecule has 0 radical (unpaired) electrons. The fourth-order valence-electron chi connectivity index (χ4n) is 2.22. The van der Waals surface area contributed by atoms with Crippen molar-refractivity contribution in [3.63, 3.8) is 0 Å². The second kappa shape index (κ2) is 7.90. The van der Waals surface area contributed by atoms with Crippen LogP contribution >= 0.6 is 0 Å². The first kappa shape index (κ1) is 18.9. The van der Waals surface area contributed by atoms with Gasteiger partial charge in [0.1, 0.15) is 18.0 Å². The van der Waals surface area contributed by atoms with E-state index in [0.29, 0.717) is 12.2 Å². The minimum absolute atomic E-state index is 0.0648. The highest BCUT2D eigenvalue weighted by Gasteiger charge is 2.40. The van der Waals surface area contributed by atoms with Gasteiger partial charge in [-0.25, -0.2) is 0 Å². The summed E-state index contributed by atoms with van der Waals surface area (Å²) >= 11 is 0. The Kier molecular flexibility index (Phi) is 6.49. The van der Waals surface area contributed by atoms with E-state index in [1.165, 1.54) is 6.92 Å². The van der Waals surface area contributed by atoms with E-state index in [1.54, 1.807) is 14.0 Å². The molecule has 0 aromatic heterocycles. The lowest BCUT2D eigenvalue weighted by molar-refractivity contribution is -0.168. The first-order chi connectivity index (χ1) is 10.7. The third-order valence-corrected chi connectivity index (χ3v) is 4.09. The fraction of sp³-hybridized carbons (Fsp3) is 0.500. The van der Waals surface area contributed by atoms with Gasteiger partial charge in [-0.3, -0.25) is 14.4 Å². The predicted octanol–water partition coefficient (Wildman–Crippen LogP) is 2.95. The van der Waals surface area contributed by atoms with Gasteiger partial charge < -0.3 is 9.47 Å². The minimum Gasteiger partial charge on any atom is -0.496 e. The zero-order valence-corrected chi connectivity index (χ0v) is 14.3. The molecular formula is C18H24O5. The number of esters is 2. The summed E-state index contributed by atoms with van der Waals surface area (Å²) in [6, 6.07) is 7.42. The normalized spacial score (nSPS) is 13.3. The van der Waals surface area contributed by atoms with Gasteiger partial charge in [0.15, 0.2) is 0 Å². The van der Waals surface area contributed by atoms with E-state index in [2.05, 4.69) is 0 Å². The Morgan fingerprint density at radius 2 is 1.78 bits per heavy atom. The van der Waals surface area contributed by atoms with Crippen molar-refractivity contribution in [1.29, 1.82) is 0 Å². The van der Waals surface area contributed by atoms with Gasteiger partial charge in [0, 0.05) is 0 Å². The standard InChI is InChI=1S/C18H24O5/c1-12(2)18(4,17(21)23-16(20)10-13(3)19)11-14-8-6-7-9-15(14)22-5/h6-9,12H,10-11H2,1-5H3. The highest BCUT2D eigenvalue weighted by Crippen LogP contribution is 2.35. The molecule has 23 heavy (non-hydrogen) atoms. The number of methoxy groups -OCH3 is 1. The smallest absolute Gasteiger partial charge is 0.320 e.